The molecule has 1 atom stereocenters. The van der Waals surface area contributed by atoms with Crippen LogP contribution in [0.1, 0.15) is 50.3 Å². The van der Waals surface area contributed by atoms with Crippen LogP contribution in [0, 0.1) is 18.2 Å². The fourth-order valence-corrected chi connectivity index (χ4v) is 2.20. The molecule has 1 N–H and O–H groups in total. The Labute approximate surface area is 103 Å². The molecule has 0 aliphatic heterocycles. The van der Waals surface area contributed by atoms with Gasteiger partial charge >= 0.3 is 0 Å². The fraction of sp³-hybridized carbons (Fsp3) is 0.600. The molecule has 1 saturated carbocycles. The van der Waals surface area contributed by atoms with Gasteiger partial charge in [0.25, 0.3) is 0 Å². The Kier molecular flexibility index (Phi) is 3.53. The van der Waals surface area contributed by atoms with E-state index in [0.717, 1.165) is 12.1 Å². The number of aryl methyl sites for hydroxylation is 1. The van der Waals surface area contributed by atoms with E-state index in [0.29, 0.717) is 11.0 Å². The minimum atomic E-state index is -0.104. The summed E-state index contributed by atoms with van der Waals surface area (Å²) in [6, 6.07) is 5.75. The average Bonchev–Trinajstić information content (AvgIpc) is 3.10. The molecule has 1 aromatic rings. The molecule has 1 aromatic carbocycles. The van der Waals surface area contributed by atoms with Gasteiger partial charge < -0.3 is 5.32 Å². The van der Waals surface area contributed by atoms with Gasteiger partial charge in [0, 0.05) is 12.6 Å². The topological polar surface area (TPSA) is 12.0 Å². The molecule has 0 bridgehead atoms. The van der Waals surface area contributed by atoms with Crippen LogP contribution in [-0.4, -0.2) is 6.54 Å². The Bertz CT molecular complexity index is 396. The van der Waals surface area contributed by atoms with Gasteiger partial charge in [-0.15, -0.1) is 0 Å². The zero-order valence-electron chi connectivity index (χ0n) is 11.0. The summed E-state index contributed by atoms with van der Waals surface area (Å²) in [6.45, 7) is 7.22. The molecule has 0 radical (unpaired) electrons. The monoisotopic (exact) mass is 235 g/mol. The smallest absolute Gasteiger partial charge is 0.126 e. The largest absolute Gasteiger partial charge is 0.310 e. The lowest BCUT2D eigenvalue weighted by Gasteiger charge is -2.19. The second-order valence-corrected chi connectivity index (χ2v) is 5.46. The Hall–Kier alpha value is -0.890. The molecule has 94 valence electrons. The first-order valence-electron chi connectivity index (χ1n) is 6.56. The molecule has 1 aliphatic rings. The van der Waals surface area contributed by atoms with E-state index in [4.69, 9.17) is 0 Å². The molecule has 0 aromatic heterocycles. The van der Waals surface area contributed by atoms with Crippen molar-refractivity contribution in [1.29, 1.82) is 0 Å². The summed E-state index contributed by atoms with van der Waals surface area (Å²) in [5, 5.41) is 3.53. The van der Waals surface area contributed by atoms with Gasteiger partial charge in [0.05, 0.1) is 0 Å². The average molecular weight is 235 g/mol. The van der Waals surface area contributed by atoms with Crippen molar-refractivity contribution in [3.8, 4) is 0 Å². The van der Waals surface area contributed by atoms with Crippen LogP contribution in [0.25, 0.3) is 0 Å². The first-order chi connectivity index (χ1) is 8.06. The molecule has 0 spiro atoms. The molecule has 2 heteroatoms. The van der Waals surface area contributed by atoms with E-state index in [1.165, 1.54) is 19.3 Å². The summed E-state index contributed by atoms with van der Waals surface area (Å²) < 4.78 is 13.5. The lowest BCUT2D eigenvalue weighted by atomic mass is 10.0. The molecule has 0 saturated heterocycles. The fourth-order valence-electron chi connectivity index (χ4n) is 2.20. The number of benzene rings is 1. The van der Waals surface area contributed by atoms with E-state index in [2.05, 4.69) is 19.2 Å². The highest BCUT2D eigenvalue weighted by molar-refractivity contribution is 5.25. The number of hydrogen-bond donors (Lipinski definition) is 1. The van der Waals surface area contributed by atoms with Crippen molar-refractivity contribution in [3.05, 3.63) is 35.1 Å². The first-order valence-corrected chi connectivity index (χ1v) is 6.56. The van der Waals surface area contributed by atoms with Crippen molar-refractivity contribution in [2.45, 2.75) is 46.1 Å². The molecular weight excluding hydrogens is 213 g/mol. The minimum absolute atomic E-state index is 0.104. The van der Waals surface area contributed by atoms with Gasteiger partial charge in [-0.3, -0.25) is 0 Å². The van der Waals surface area contributed by atoms with E-state index >= 15 is 0 Å². The number of hydrogen-bond acceptors (Lipinski definition) is 1. The second kappa shape index (κ2) is 4.77. The van der Waals surface area contributed by atoms with Crippen molar-refractivity contribution >= 4 is 0 Å². The van der Waals surface area contributed by atoms with Crippen molar-refractivity contribution in [1.82, 2.24) is 5.32 Å². The van der Waals surface area contributed by atoms with E-state index < -0.39 is 0 Å². The third-order valence-electron chi connectivity index (χ3n) is 4.19. The predicted octanol–water partition coefficient (Wildman–Crippen LogP) is 3.97. The van der Waals surface area contributed by atoms with Gasteiger partial charge in [0.15, 0.2) is 0 Å². The summed E-state index contributed by atoms with van der Waals surface area (Å²) in [5.74, 6) is -0.104. The highest BCUT2D eigenvalue weighted by Gasteiger charge is 2.40. The van der Waals surface area contributed by atoms with E-state index in [1.54, 1.807) is 13.0 Å². The minimum Gasteiger partial charge on any atom is -0.310 e. The van der Waals surface area contributed by atoms with Crippen molar-refractivity contribution in [2.75, 3.05) is 6.54 Å². The van der Waals surface area contributed by atoms with Gasteiger partial charge in [0.1, 0.15) is 5.82 Å². The molecule has 2 rings (SSSR count). The maximum Gasteiger partial charge on any atom is 0.126 e. The van der Waals surface area contributed by atoms with Crippen LogP contribution in [0.2, 0.25) is 0 Å². The van der Waals surface area contributed by atoms with Crippen LogP contribution in [0.4, 0.5) is 4.39 Å². The van der Waals surface area contributed by atoms with Crippen molar-refractivity contribution < 1.29 is 4.39 Å². The third-order valence-corrected chi connectivity index (χ3v) is 4.19. The summed E-state index contributed by atoms with van der Waals surface area (Å²) in [6.07, 6.45) is 3.92. The molecule has 1 aliphatic carbocycles. The van der Waals surface area contributed by atoms with Crippen LogP contribution < -0.4 is 5.32 Å². The Morgan fingerprint density at radius 2 is 2.12 bits per heavy atom. The third kappa shape index (κ3) is 2.86. The first kappa shape index (κ1) is 12.6. The van der Waals surface area contributed by atoms with Crippen LogP contribution in [0.5, 0.6) is 0 Å². The molecule has 17 heavy (non-hydrogen) atoms. The van der Waals surface area contributed by atoms with Crippen LogP contribution >= 0.6 is 0 Å². The SMILES string of the molecule is CCC1(CNC(C)c2ccc(C)c(F)c2)CC1. The highest BCUT2D eigenvalue weighted by atomic mass is 19.1. The molecular formula is C15H22FN. The van der Waals surface area contributed by atoms with Crippen LogP contribution in [0.15, 0.2) is 18.2 Å². The van der Waals surface area contributed by atoms with Gasteiger partial charge in [-0.1, -0.05) is 19.1 Å². The summed E-state index contributed by atoms with van der Waals surface area (Å²) >= 11 is 0. The Morgan fingerprint density at radius 1 is 1.41 bits per heavy atom. The number of rotatable bonds is 5. The van der Waals surface area contributed by atoms with Crippen molar-refractivity contribution in [3.63, 3.8) is 0 Å². The van der Waals surface area contributed by atoms with Crippen molar-refractivity contribution in [2.24, 2.45) is 5.41 Å². The van der Waals surface area contributed by atoms with Gasteiger partial charge in [-0.25, -0.2) is 4.39 Å². The Balaban J connectivity index is 1.95. The number of halogens is 1. The second-order valence-electron chi connectivity index (χ2n) is 5.46. The highest BCUT2D eigenvalue weighted by Crippen LogP contribution is 2.48. The van der Waals surface area contributed by atoms with E-state index in [1.807, 2.05) is 12.1 Å². The molecule has 0 heterocycles. The number of nitrogens with one attached hydrogen (secondary N) is 1. The predicted molar refractivity (Wildman–Crippen MR) is 69.5 cm³/mol. The van der Waals surface area contributed by atoms with E-state index in [-0.39, 0.29) is 11.9 Å². The zero-order chi connectivity index (χ0) is 12.5. The molecule has 1 unspecified atom stereocenters. The van der Waals surface area contributed by atoms with Crippen LogP contribution in [0.3, 0.4) is 0 Å². The van der Waals surface area contributed by atoms with E-state index in [9.17, 15) is 4.39 Å². The lowest BCUT2D eigenvalue weighted by Crippen LogP contribution is -2.26. The standard InChI is InChI=1S/C15H22FN/c1-4-15(7-8-15)10-17-12(3)13-6-5-11(2)14(16)9-13/h5-6,9,12,17H,4,7-8,10H2,1-3H3. The summed E-state index contributed by atoms with van der Waals surface area (Å²) in [4.78, 5) is 0. The quantitative estimate of drug-likeness (QED) is 0.814. The Morgan fingerprint density at radius 3 is 2.65 bits per heavy atom. The van der Waals surface area contributed by atoms with Gasteiger partial charge in [0.2, 0.25) is 0 Å². The molecule has 0 amide bonds. The molecule has 1 nitrogen and oxygen atoms in total. The van der Waals surface area contributed by atoms with Gasteiger partial charge in [-0.05, 0) is 55.7 Å². The van der Waals surface area contributed by atoms with Crippen LogP contribution in [-0.2, 0) is 0 Å². The summed E-state index contributed by atoms with van der Waals surface area (Å²) in [7, 11) is 0. The summed E-state index contributed by atoms with van der Waals surface area (Å²) in [5.41, 5.74) is 2.30. The maximum atomic E-state index is 13.5. The maximum absolute atomic E-state index is 13.5. The zero-order valence-corrected chi connectivity index (χ0v) is 11.0. The lowest BCUT2D eigenvalue weighted by molar-refractivity contribution is 0.414. The molecule has 1 fully saturated rings. The van der Waals surface area contributed by atoms with Gasteiger partial charge in [-0.2, -0.15) is 0 Å². The normalized spacial score (nSPS) is 19.1.